The second-order valence-corrected chi connectivity index (χ2v) is 11.3. The Balaban J connectivity index is 1.30. The topological polar surface area (TPSA) is 111 Å². The largest absolute Gasteiger partial charge is 0.415 e. The zero-order chi connectivity index (χ0) is 30.7. The van der Waals surface area contributed by atoms with Gasteiger partial charge in [0, 0.05) is 13.0 Å². The van der Waals surface area contributed by atoms with Gasteiger partial charge >= 0.3 is 17.8 Å². The van der Waals surface area contributed by atoms with Crippen LogP contribution in [-0.4, -0.2) is 49.0 Å². The molecule has 1 aliphatic rings. The molecule has 9 nitrogen and oxygen atoms in total. The van der Waals surface area contributed by atoms with Gasteiger partial charge in [0.2, 0.25) is 0 Å². The number of ether oxygens (including phenoxy) is 2. The summed E-state index contributed by atoms with van der Waals surface area (Å²) in [5.41, 5.74) is 1.55. The smallest absolute Gasteiger partial charge is 0.341 e. The average molecular weight is 594 g/mol. The molecule has 0 amide bonds. The average Bonchev–Trinajstić information content (AvgIpc) is 3.56. The molecule has 43 heavy (non-hydrogen) atoms. The third kappa shape index (κ3) is 8.30. The van der Waals surface area contributed by atoms with E-state index in [-0.39, 0.29) is 17.9 Å². The molecule has 0 aliphatic carbocycles. The van der Waals surface area contributed by atoms with Gasteiger partial charge in [0.1, 0.15) is 12.3 Å². The molecule has 0 unspecified atom stereocenters. The van der Waals surface area contributed by atoms with Crippen LogP contribution in [0, 0.1) is 25.3 Å². The molecule has 3 heterocycles. The number of aromatic nitrogens is 4. The van der Waals surface area contributed by atoms with Crippen LogP contribution in [0.2, 0.25) is 0 Å². The Hall–Kier alpha value is -3.55. The van der Waals surface area contributed by atoms with E-state index in [0.717, 1.165) is 12.8 Å². The lowest BCUT2D eigenvalue weighted by Crippen LogP contribution is -2.42. The Bertz CT molecular complexity index is 1390. The Kier molecular flexibility index (Phi) is 11.9. The normalized spacial score (nSPS) is 19.9. The molecule has 0 bridgehead atoms. The molecule has 0 radical (unpaired) electrons. The fourth-order valence-electron chi connectivity index (χ4n) is 5.49. The van der Waals surface area contributed by atoms with Crippen LogP contribution >= 0.6 is 0 Å². The number of halogens is 1. The second-order valence-electron chi connectivity index (χ2n) is 11.3. The predicted octanol–water partition coefficient (Wildman–Crippen LogP) is 6.85. The van der Waals surface area contributed by atoms with Crippen molar-refractivity contribution in [2.45, 2.75) is 115 Å². The highest BCUT2D eigenvalue weighted by Crippen LogP contribution is 2.39. The molecule has 1 aliphatic heterocycles. The molecule has 4 rings (SSSR count). The lowest BCUT2D eigenvalue weighted by molar-refractivity contribution is -0.197. The summed E-state index contributed by atoms with van der Waals surface area (Å²) >= 11 is 0. The van der Waals surface area contributed by atoms with E-state index in [2.05, 4.69) is 33.1 Å². The first kappa shape index (κ1) is 32.4. The van der Waals surface area contributed by atoms with Gasteiger partial charge in [-0.05, 0) is 30.9 Å². The summed E-state index contributed by atoms with van der Waals surface area (Å²) < 4.78 is 27.5. The molecule has 1 fully saturated rings. The quantitative estimate of drug-likeness (QED) is 0.0756. The highest BCUT2D eigenvalue weighted by atomic mass is 19.1. The number of esters is 1. The molecule has 3 atom stereocenters. The maximum atomic E-state index is 14.5. The molecule has 0 saturated carbocycles. The number of fused-ring (bicyclic) bond motifs is 1. The van der Waals surface area contributed by atoms with Crippen LogP contribution in [0.4, 0.5) is 10.2 Å². The molecular weight excluding hydrogens is 549 g/mol. The zero-order valence-corrected chi connectivity index (χ0v) is 25.4. The minimum absolute atomic E-state index is 0.0239. The van der Waals surface area contributed by atoms with Crippen molar-refractivity contribution in [3.63, 3.8) is 0 Å². The molecule has 232 valence electrons. The van der Waals surface area contributed by atoms with Crippen molar-refractivity contribution in [3.8, 4) is 12.3 Å². The summed E-state index contributed by atoms with van der Waals surface area (Å²) in [5, 5.41) is 14.0. The molecule has 10 heteroatoms. The van der Waals surface area contributed by atoms with Crippen molar-refractivity contribution in [1.29, 1.82) is 0 Å². The summed E-state index contributed by atoms with van der Waals surface area (Å²) in [6.45, 7) is 4.64. The first-order valence-corrected chi connectivity index (χ1v) is 15.6. The van der Waals surface area contributed by atoms with E-state index < -0.39 is 30.2 Å². The fourth-order valence-corrected chi connectivity index (χ4v) is 5.49. The third-order valence-electron chi connectivity index (χ3n) is 8.01. The Labute approximate surface area is 253 Å². The minimum atomic E-state index is -2.03. The molecule has 2 aromatic heterocycles. The van der Waals surface area contributed by atoms with Gasteiger partial charge in [-0.2, -0.15) is 14.4 Å². The highest BCUT2D eigenvalue weighted by molar-refractivity contribution is 5.91. The van der Waals surface area contributed by atoms with Crippen LogP contribution in [0.5, 0.6) is 0 Å². The van der Waals surface area contributed by atoms with Crippen molar-refractivity contribution >= 4 is 23.0 Å². The van der Waals surface area contributed by atoms with Gasteiger partial charge in [-0.3, -0.25) is 4.57 Å². The molecule has 3 aromatic rings. The van der Waals surface area contributed by atoms with E-state index in [1.807, 2.05) is 0 Å². The summed E-state index contributed by atoms with van der Waals surface area (Å²) in [6.07, 6.45) is 19.0. The summed E-state index contributed by atoms with van der Waals surface area (Å²) in [6, 6.07) is 6.88. The number of hydrogen-bond acceptors (Lipinski definition) is 8. The Morgan fingerprint density at radius 1 is 1.12 bits per heavy atom. The van der Waals surface area contributed by atoms with E-state index >= 15 is 0 Å². The number of carbonyl (C=O) groups excluding carboxylic acids is 1. The number of rotatable bonds is 17. The van der Waals surface area contributed by atoms with Gasteiger partial charge in [0.15, 0.2) is 17.0 Å². The molecule has 2 N–H and O–H groups in total. The van der Waals surface area contributed by atoms with Gasteiger partial charge in [-0.1, -0.05) is 95.8 Å². The molecule has 1 aromatic carbocycles. The lowest BCUT2D eigenvalue weighted by atomic mass is 10.1. The van der Waals surface area contributed by atoms with E-state index in [9.17, 15) is 14.3 Å². The number of aryl methyl sites for hydroxylation is 1. The van der Waals surface area contributed by atoms with E-state index in [1.165, 1.54) is 75.1 Å². The number of terminal acetylenes is 1. The molecular formula is C33H44FN5O4. The van der Waals surface area contributed by atoms with Crippen molar-refractivity contribution in [3.05, 3.63) is 47.8 Å². The van der Waals surface area contributed by atoms with Crippen LogP contribution in [0.15, 0.2) is 30.6 Å². The van der Waals surface area contributed by atoms with Crippen molar-refractivity contribution in [2.24, 2.45) is 0 Å². The van der Waals surface area contributed by atoms with Crippen LogP contribution in [0.1, 0.15) is 113 Å². The van der Waals surface area contributed by atoms with Crippen molar-refractivity contribution in [1.82, 2.24) is 19.5 Å². The van der Waals surface area contributed by atoms with Gasteiger partial charge < -0.3 is 19.9 Å². The van der Waals surface area contributed by atoms with Gasteiger partial charge in [-0.25, -0.2) is 9.78 Å². The first-order chi connectivity index (χ1) is 20.9. The number of carbonyl (C=O) groups is 1. The minimum Gasteiger partial charge on any atom is -0.415 e. The lowest BCUT2D eigenvalue weighted by Gasteiger charge is -2.26. The predicted molar refractivity (Wildman–Crippen MR) is 164 cm³/mol. The van der Waals surface area contributed by atoms with Gasteiger partial charge in [0.25, 0.3) is 0 Å². The van der Waals surface area contributed by atoms with Crippen LogP contribution < -0.4 is 5.32 Å². The van der Waals surface area contributed by atoms with Crippen LogP contribution in [-0.2, 0) is 9.47 Å². The number of anilines is 1. The van der Waals surface area contributed by atoms with Crippen LogP contribution in [0.3, 0.4) is 0 Å². The SMILES string of the molecule is C#C[C@]1(OC(=O)c2ccccc2C)O[C@@H](n2cnc3c(NCCCCCCCCCCCCCC)nc(F)nc32)C[C@@H]1O. The fraction of sp³-hybridized carbons (Fsp3) is 0.576. The van der Waals surface area contributed by atoms with Gasteiger partial charge in [0.05, 0.1) is 11.9 Å². The van der Waals surface area contributed by atoms with Gasteiger partial charge in [-0.15, -0.1) is 6.42 Å². The first-order valence-electron chi connectivity index (χ1n) is 15.6. The Morgan fingerprint density at radius 2 is 1.77 bits per heavy atom. The monoisotopic (exact) mass is 593 g/mol. The zero-order valence-electron chi connectivity index (χ0n) is 25.4. The summed E-state index contributed by atoms with van der Waals surface area (Å²) in [5.74, 6) is -0.146. The number of nitrogens with zero attached hydrogens (tertiary/aromatic N) is 4. The number of nitrogens with one attached hydrogen (secondary N) is 1. The molecule has 1 saturated heterocycles. The van der Waals surface area contributed by atoms with Crippen molar-refractivity contribution < 1.29 is 23.8 Å². The standard InChI is InChI=1S/C33H44FN5O4/c1-4-6-7-8-9-10-11-12-13-14-15-18-21-35-29-28-30(38-32(34)37-29)39(23-36-28)27-22-26(40)33(5-2,42-27)43-31(41)25-20-17-16-19-24(25)3/h2,16-17,19-20,23,26-27,40H,4,6-15,18,21-22H2,1,3H3,(H,35,37,38)/t26-,27+,33+/m0/s1. The second kappa shape index (κ2) is 15.8. The summed E-state index contributed by atoms with van der Waals surface area (Å²) in [4.78, 5) is 25.1. The maximum absolute atomic E-state index is 14.5. The maximum Gasteiger partial charge on any atom is 0.341 e. The van der Waals surface area contributed by atoms with E-state index in [1.54, 1.807) is 31.2 Å². The number of benzene rings is 1. The number of aliphatic hydroxyl groups excluding tert-OH is 1. The number of imidazole rings is 1. The number of unbranched alkanes of at least 4 members (excludes halogenated alkanes) is 11. The van der Waals surface area contributed by atoms with Crippen molar-refractivity contribution in [2.75, 3.05) is 11.9 Å². The van der Waals surface area contributed by atoms with E-state index in [0.29, 0.717) is 23.2 Å². The van der Waals surface area contributed by atoms with E-state index in [4.69, 9.17) is 15.9 Å². The molecule has 0 spiro atoms. The van der Waals surface area contributed by atoms with Crippen LogP contribution in [0.25, 0.3) is 11.2 Å². The number of hydrogen-bond donors (Lipinski definition) is 2. The Morgan fingerprint density at radius 3 is 2.42 bits per heavy atom. The summed E-state index contributed by atoms with van der Waals surface area (Å²) in [7, 11) is 0. The highest BCUT2D eigenvalue weighted by Gasteiger charge is 2.52. The third-order valence-corrected chi connectivity index (χ3v) is 8.01. The number of aliphatic hydroxyl groups is 1.